The third kappa shape index (κ3) is 6.42. The molecule has 0 saturated carbocycles. The molecule has 0 aliphatic carbocycles. The van der Waals surface area contributed by atoms with Crippen LogP contribution >= 0.6 is 0 Å². The molecule has 60 valence electrons. The molecule has 0 aliphatic heterocycles. The SMILES string of the molecule is O=[C-]C(O)C(O)C(=O)[O-].[Na+].[OH3+]. The number of carbonyl (C=O) groups is 1. The molecular weight excluding hydrogens is 167 g/mol. The summed E-state index contributed by atoms with van der Waals surface area (Å²) in [6, 6.07) is 0. The zero-order valence-electron chi connectivity index (χ0n) is 5.85. The van der Waals surface area contributed by atoms with Gasteiger partial charge in [0, 0.05) is 0 Å². The predicted octanol–water partition coefficient (Wildman–Crippen LogP) is -7.35. The summed E-state index contributed by atoms with van der Waals surface area (Å²) in [5.74, 6) is -1.90. The summed E-state index contributed by atoms with van der Waals surface area (Å²) in [6.45, 7) is 0. The van der Waals surface area contributed by atoms with Gasteiger partial charge >= 0.3 is 29.6 Å². The van der Waals surface area contributed by atoms with Crippen molar-refractivity contribution >= 4 is 12.3 Å². The maximum Gasteiger partial charge on any atom is 1.00 e. The average Bonchev–Trinajstić information content (AvgIpc) is 1.84. The van der Waals surface area contributed by atoms with E-state index in [1.54, 1.807) is 0 Å². The summed E-state index contributed by atoms with van der Waals surface area (Å²) >= 11 is 0. The fraction of sp³-hybridized carbons (Fsp3) is 0.500. The maximum atomic E-state index is 9.60. The first-order chi connectivity index (χ1) is 4.09. The van der Waals surface area contributed by atoms with E-state index in [9.17, 15) is 14.7 Å². The van der Waals surface area contributed by atoms with Crippen LogP contribution < -0.4 is 34.7 Å². The minimum atomic E-state index is -2.18. The summed E-state index contributed by atoms with van der Waals surface area (Å²) in [4.78, 5) is 19.0. The Morgan fingerprint density at radius 2 is 1.82 bits per heavy atom. The van der Waals surface area contributed by atoms with Crippen LogP contribution in [0.15, 0.2) is 0 Å². The number of hydrogen-bond donors (Lipinski definition) is 2. The summed E-state index contributed by atoms with van der Waals surface area (Å²) in [5, 5.41) is 26.0. The minimum Gasteiger partial charge on any atom is -0.547 e. The summed E-state index contributed by atoms with van der Waals surface area (Å²) < 4.78 is 0. The Balaban J connectivity index is -0.000000320. The van der Waals surface area contributed by atoms with Crippen molar-refractivity contribution in [2.24, 2.45) is 0 Å². The van der Waals surface area contributed by atoms with Gasteiger partial charge in [-0.05, 0) is 6.10 Å². The number of carboxylic acids is 1. The van der Waals surface area contributed by atoms with Gasteiger partial charge in [0.05, 0.1) is 12.1 Å². The monoisotopic (exact) mass is 174 g/mol. The molecule has 0 radical (unpaired) electrons. The van der Waals surface area contributed by atoms with Gasteiger partial charge in [0.1, 0.15) is 0 Å². The van der Waals surface area contributed by atoms with Gasteiger partial charge in [-0.25, -0.2) is 6.29 Å². The topological polar surface area (TPSA) is 131 Å². The molecule has 0 fully saturated rings. The Labute approximate surface area is 84.4 Å². The third-order valence-electron chi connectivity index (χ3n) is 0.661. The molecule has 0 aromatic rings. The van der Waals surface area contributed by atoms with Gasteiger partial charge in [0.2, 0.25) is 0 Å². The second-order valence-corrected chi connectivity index (χ2v) is 1.33. The van der Waals surface area contributed by atoms with Crippen molar-refractivity contribution in [3.05, 3.63) is 0 Å². The average molecular weight is 174 g/mol. The Morgan fingerprint density at radius 3 is 1.91 bits per heavy atom. The Hall–Kier alpha value is 0.0200. The molecule has 11 heavy (non-hydrogen) atoms. The van der Waals surface area contributed by atoms with Gasteiger partial charge < -0.3 is 30.4 Å². The number of hydrogen-bond acceptors (Lipinski definition) is 5. The van der Waals surface area contributed by atoms with Gasteiger partial charge in [-0.15, -0.1) is 0 Å². The second-order valence-electron chi connectivity index (χ2n) is 1.33. The van der Waals surface area contributed by atoms with Crippen molar-refractivity contribution in [3.8, 4) is 0 Å². The van der Waals surface area contributed by atoms with Crippen LogP contribution in [0, 0.1) is 0 Å². The van der Waals surface area contributed by atoms with Crippen LogP contribution in [-0.2, 0) is 15.1 Å². The standard InChI is InChI=1S/C4H5O5.Na.H2O/c5-1-2(6)3(7)4(8)9;;/h2-3,6-7H,(H,8,9);;1H2/q-1;+1;. The van der Waals surface area contributed by atoms with Crippen molar-refractivity contribution in [3.63, 3.8) is 0 Å². The molecule has 0 aromatic carbocycles. The van der Waals surface area contributed by atoms with Gasteiger partial charge in [0.25, 0.3) is 0 Å². The van der Waals surface area contributed by atoms with Gasteiger partial charge in [-0.3, -0.25) is 0 Å². The van der Waals surface area contributed by atoms with Crippen molar-refractivity contribution in [1.29, 1.82) is 0 Å². The molecular formula is C4H7NaO6. The van der Waals surface area contributed by atoms with Gasteiger partial charge in [-0.2, -0.15) is 0 Å². The van der Waals surface area contributed by atoms with Crippen LogP contribution in [0.3, 0.4) is 0 Å². The quantitative estimate of drug-likeness (QED) is 0.249. The zero-order valence-corrected chi connectivity index (χ0v) is 7.85. The van der Waals surface area contributed by atoms with E-state index in [1.807, 2.05) is 0 Å². The van der Waals surface area contributed by atoms with E-state index in [0.717, 1.165) is 6.29 Å². The van der Waals surface area contributed by atoms with Crippen LogP contribution in [-0.4, -0.2) is 34.7 Å². The number of aliphatic hydroxyl groups is 2. The molecule has 6 nitrogen and oxygen atoms in total. The molecule has 0 heterocycles. The van der Waals surface area contributed by atoms with Crippen molar-refractivity contribution in [2.75, 3.05) is 0 Å². The molecule has 0 saturated heterocycles. The number of aliphatic carboxylic acids is 1. The minimum absolute atomic E-state index is 0. The van der Waals surface area contributed by atoms with E-state index in [2.05, 4.69) is 0 Å². The number of carbonyl (C=O) groups excluding carboxylic acids is 2. The first-order valence-electron chi connectivity index (χ1n) is 2.04. The van der Waals surface area contributed by atoms with Crippen LogP contribution in [0.1, 0.15) is 0 Å². The fourth-order valence-corrected chi connectivity index (χ4v) is 0.193. The third-order valence-corrected chi connectivity index (χ3v) is 0.661. The summed E-state index contributed by atoms with van der Waals surface area (Å²) in [6.07, 6.45) is -3.32. The fourth-order valence-electron chi connectivity index (χ4n) is 0.193. The van der Waals surface area contributed by atoms with Gasteiger partial charge in [-0.1, -0.05) is 0 Å². The Morgan fingerprint density at radius 1 is 1.45 bits per heavy atom. The van der Waals surface area contributed by atoms with E-state index < -0.39 is 18.2 Å². The molecule has 2 unspecified atom stereocenters. The first kappa shape index (κ1) is 17.2. The Bertz CT molecular complexity index is 126. The van der Waals surface area contributed by atoms with Crippen LogP contribution in [0.2, 0.25) is 0 Å². The summed E-state index contributed by atoms with van der Waals surface area (Å²) in [5.41, 5.74) is 0. The van der Waals surface area contributed by atoms with E-state index in [1.165, 1.54) is 0 Å². The van der Waals surface area contributed by atoms with Gasteiger partial charge in [0.15, 0.2) is 0 Å². The van der Waals surface area contributed by atoms with Crippen LogP contribution in [0.4, 0.5) is 0 Å². The molecule has 0 spiro atoms. The van der Waals surface area contributed by atoms with Crippen LogP contribution in [0.25, 0.3) is 0 Å². The second kappa shape index (κ2) is 8.12. The molecule has 0 aliphatic rings. The van der Waals surface area contributed by atoms with Crippen molar-refractivity contribution < 1.29 is 59.9 Å². The number of rotatable bonds is 3. The van der Waals surface area contributed by atoms with E-state index in [4.69, 9.17) is 10.2 Å². The molecule has 0 rings (SSSR count). The predicted molar refractivity (Wildman–Crippen MR) is 27.6 cm³/mol. The number of carboxylic acid groups (broad SMARTS) is 1. The molecule has 0 bridgehead atoms. The summed E-state index contributed by atoms with van der Waals surface area (Å²) in [7, 11) is 0. The largest absolute Gasteiger partial charge is 1.00 e. The number of aliphatic hydroxyl groups excluding tert-OH is 2. The normalized spacial score (nSPS) is 13.3. The molecule has 5 N–H and O–H groups in total. The van der Waals surface area contributed by atoms with Crippen LogP contribution in [0.5, 0.6) is 0 Å². The Kier molecular flexibility index (Phi) is 12.7. The van der Waals surface area contributed by atoms with E-state index in [-0.39, 0.29) is 35.0 Å². The molecule has 0 aromatic heterocycles. The molecule has 7 heteroatoms. The smallest absolute Gasteiger partial charge is 0.547 e. The van der Waals surface area contributed by atoms with Crippen molar-refractivity contribution in [2.45, 2.75) is 12.2 Å². The molecule has 2 atom stereocenters. The molecule has 0 amide bonds. The zero-order chi connectivity index (χ0) is 7.44. The van der Waals surface area contributed by atoms with E-state index >= 15 is 0 Å². The van der Waals surface area contributed by atoms with Crippen molar-refractivity contribution in [1.82, 2.24) is 0 Å². The first-order valence-corrected chi connectivity index (χ1v) is 2.04. The maximum absolute atomic E-state index is 9.60. The van der Waals surface area contributed by atoms with E-state index in [0.29, 0.717) is 0 Å².